The molecule has 0 saturated carbocycles. The summed E-state index contributed by atoms with van der Waals surface area (Å²) in [5.41, 5.74) is 2.43. The van der Waals surface area contributed by atoms with E-state index in [0.717, 1.165) is 38.4 Å². The Kier molecular flexibility index (Phi) is 3.92. The molecule has 2 rings (SSSR count). The van der Waals surface area contributed by atoms with E-state index < -0.39 is 0 Å². The van der Waals surface area contributed by atoms with Crippen molar-refractivity contribution in [1.29, 1.82) is 0 Å². The van der Waals surface area contributed by atoms with Gasteiger partial charge in [-0.05, 0) is 5.56 Å². The van der Waals surface area contributed by atoms with Gasteiger partial charge < -0.3 is 9.58 Å². The van der Waals surface area contributed by atoms with Crippen LogP contribution in [0.4, 0.5) is 0 Å². The molecular weight excluding hydrogens is 200 g/mol. The number of ether oxygens (including phenoxy) is 1. The van der Waals surface area contributed by atoms with E-state index in [4.69, 9.17) is 11.3 Å². The quantitative estimate of drug-likeness (QED) is 0.718. The van der Waals surface area contributed by atoms with E-state index >= 15 is 0 Å². The molecule has 0 bridgehead atoms. The Bertz CT molecular complexity index is 378. The molecule has 3 heteroatoms. The minimum atomic E-state index is 0.487. The van der Waals surface area contributed by atoms with Crippen molar-refractivity contribution in [1.82, 2.24) is 4.90 Å². The molecule has 84 valence electrons. The zero-order chi connectivity index (χ0) is 11.2. The monoisotopic (exact) mass is 216 g/mol. The van der Waals surface area contributed by atoms with Crippen LogP contribution in [-0.2, 0) is 17.8 Å². The molecule has 3 nitrogen and oxygen atoms in total. The van der Waals surface area contributed by atoms with Crippen molar-refractivity contribution in [2.24, 2.45) is 0 Å². The lowest BCUT2D eigenvalue weighted by molar-refractivity contribution is 0.0341. The lowest BCUT2D eigenvalue weighted by Gasteiger charge is -2.27. The number of rotatable bonds is 3. The molecule has 1 aliphatic heterocycles. The fraction of sp³-hybridized carbons (Fsp3) is 0.462. The molecule has 1 fully saturated rings. The van der Waals surface area contributed by atoms with Gasteiger partial charge in [0.1, 0.15) is 0 Å². The van der Waals surface area contributed by atoms with Crippen LogP contribution < -0.4 is 0 Å². The zero-order valence-corrected chi connectivity index (χ0v) is 9.35. The molecular formula is C13H16N2O. The molecule has 0 N–H and O–H groups in total. The van der Waals surface area contributed by atoms with Gasteiger partial charge in [-0.3, -0.25) is 4.90 Å². The largest absolute Gasteiger partial charge is 0.379 e. The molecule has 0 amide bonds. The van der Waals surface area contributed by atoms with Gasteiger partial charge in [-0.25, -0.2) is 6.57 Å². The lowest BCUT2D eigenvalue weighted by Crippen LogP contribution is -2.35. The third kappa shape index (κ3) is 2.82. The van der Waals surface area contributed by atoms with Crippen molar-refractivity contribution in [3.63, 3.8) is 0 Å². The van der Waals surface area contributed by atoms with Gasteiger partial charge in [-0.2, -0.15) is 0 Å². The normalized spacial score (nSPS) is 16.9. The molecule has 0 atom stereocenters. The summed E-state index contributed by atoms with van der Waals surface area (Å²) in [7, 11) is 0. The minimum Gasteiger partial charge on any atom is -0.379 e. The van der Waals surface area contributed by atoms with E-state index in [-0.39, 0.29) is 0 Å². The summed E-state index contributed by atoms with van der Waals surface area (Å²) in [6, 6.07) is 8.22. The number of benzene rings is 1. The Morgan fingerprint density at radius 1 is 1.19 bits per heavy atom. The third-order valence-corrected chi connectivity index (χ3v) is 2.87. The Hall–Kier alpha value is -1.37. The topological polar surface area (TPSA) is 16.8 Å². The van der Waals surface area contributed by atoms with E-state index in [1.54, 1.807) is 0 Å². The molecule has 1 aromatic rings. The Balaban J connectivity index is 2.05. The van der Waals surface area contributed by atoms with Gasteiger partial charge in [-0.1, -0.05) is 24.3 Å². The molecule has 16 heavy (non-hydrogen) atoms. The smallest absolute Gasteiger partial charge is 0.240 e. The summed E-state index contributed by atoms with van der Waals surface area (Å²) in [4.78, 5) is 5.85. The van der Waals surface area contributed by atoms with E-state index in [9.17, 15) is 0 Å². The molecule has 0 unspecified atom stereocenters. The van der Waals surface area contributed by atoms with Gasteiger partial charge in [0, 0.05) is 25.2 Å². The summed E-state index contributed by atoms with van der Waals surface area (Å²) in [6.45, 7) is 12.0. The summed E-state index contributed by atoms with van der Waals surface area (Å²) in [6.07, 6.45) is 0. The van der Waals surface area contributed by atoms with Gasteiger partial charge in [0.2, 0.25) is 6.54 Å². The van der Waals surface area contributed by atoms with Crippen LogP contribution in [0.5, 0.6) is 0 Å². The second-order valence-electron chi connectivity index (χ2n) is 3.97. The van der Waals surface area contributed by atoms with Crippen LogP contribution in [-0.4, -0.2) is 31.2 Å². The SMILES string of the molecule is [C-]#[N+]Cc1ccccc1CN1CCOCC1. The third-order valence-electron chi connectivity index (χ3n) is 2.87. The van der Waals surface area contributed by atoms with Crippen LogP contribution >= 0.6 is 0 Å². The van der Waals surface area contributed by atoms with Gasteiger partial charge in [0.05, 0.1) is 13.2 Å². The van der Waals surface area contributed by atoms with Crippen molar-refractivity contribution in [3.05, 3.63) is 46.8 Å². The summed E-state index contributed by atoms with van der Waals surface area (Å²) < 4.78 is 5.32. The van der Waals surface area contributed by atoms with Crippen LogP contribution in [0.2, 0.25) is 0 Å². The standard InChI is InChI=1S/C13H16N2O/c1-14-10-12-4-2-3-5-13(12)11-15-6-8-16-9-7-15/h2-5H,6-11H2. The first-order chi connectivity index (χ1) is 7.90. The summed E-state index contributed by atoms with van der Waals surface area (Å²) >= 11 is 0. The molecule has 1 saturated heterocycles. The number of hydrogen-bond donors (Lipinski definition) is 0. The molecule has 1 aromatic carbocycles. The number of hydrogen-bond acceptors (Lipinski definition) is 2. The molecule has 1 aliphatic rings. The second-order valence-corrected chi connectivity index (χ2v) is 3.97. The number of morpholine rings is 1. The molecule has 0 spiro atoms. The average molecular weight is 216 g/mol. The first-order valence-electron chi connectivity index (χ1n) is 5.60. The number of nitrogens with zero attached hydrogens (tertiary/aromatic N) is 2. The van der Waals surface area contributed by atoms with Gasteiger partial charge in [0.15, 0.2) is 0 Å². The fourth-order valence-electron chi connectivity index (χ4n) is 1.95. The molecule has 1 heterocycles. The highest BCUT2D eigenvalue weighted by Crippen LogP contribution is 2.13. The highest BCUT2D eigenvalue weighted by atomic mass is 16.5. The van der Waals surface area contributed by atoms with Crippen molar-refractivity contribution >= 4 is 0 Å². The highest BCUT2D eigenvalue weighted by molar-refractivity contribution is 5.28. The van der Waals surface area contributed by atoms with Crippen LogP contribution in [0.3, 0.4) is 0 Å². The van der Waals surface area contributed by atoms with Crippen molar-refractivity contribution in [2.45, 2.75) is 13.1 Å². The van der Waals surface area contributed by atoms with Gasteiger partial charge >= 0.3 is 0 Å². The van der Waals surface area contributed by atoms with Crippen molar-refractivity contribution in [2.75, 3.05) is 26.3 Å². The molecule has 0 aromatic heterocycles. The van der Waals surface area contributed by atoms with Crippen LogP contribution in [0.1, 0.15) is 11.1 Å². The summed E-state index contributed by atoms with van der Waals surface area (Å²) in [5, 5.41) is 0. The average Bonchev–Trinajstić information content (AvgIpc) is 2.33. The van der Waals surface area contributed by atoms with E-state index in [2.05, 4.69) is 15.8 Å². The predicted octanol–water partition coefficient (Wildman–Crippen LogP) is 1.94. The maximum Gasteiger partial charge on any atom is 0.240 e. The Labute approximate surface area is 96.5 Å². The first-order valence-corrected chi connectivity index (χ1v) is 5.60. The van der Waals surface area contributed by atoms with Crippen molar-refractivity contribution in [3.8, 4) is 0 Å². The van der Waals surface area contributed by atoms with Gasteiger partial charge in [0.25, 0.3) is 0 Å². The van der Waals surface area contributed by atoms with Crippen LogP contribution in [0.15, 0.2) is 24.3 Å². The lowest BCUT2D eigenvalue weighted by atomic mass is 10.1. The van der Waals surface area contributed by atoms with E-state index in [1.165, 1.54) is 5.56 Å². The Morgan fingerprint density at radius 3 is 2.56 bits per heavy atom. The van der Waals surface area contributed by atoms with Crippen LogP contribution in [0.25, 0.3) is 4.85 Å². The minimum absolute atomic E-state index is 0.487. The summed E-state index contributed by atoms with van der Waals surface area (Å²) in [5.74, 6) is 0. The molecule has 0 aliphatic carbocycles. The van der Waals surface area contributed by atoms with Gasteiger partial charge in [-0.15, -0.1) is 0 Å². The van der Waals surface area contributed by atoms with Crippen LogP contribution in [0, 0.1) is 6.57 Å². The Morgan fingerprint density at radius 2 is 1.88 bits per heavy atom. The predicted molar refractivity (Wildman–Crippen MR) is 62.8 cm³/mol. The van der Waals surface area contributed by atoms with E-state index in [1.807, 2.05) is 18.2 Å². The molecule has 0 radical (unpaired) electrons. The fourth-order valence-corrected chi connectivity index (χ4v) is 1.95. The maximum absolute atomic E-state index is 6.95. The first kappa shape index (κ1) is 11.1. The van der Waals surface area contributed by atoms with E-state index in [0.29, 0.717) is 6.54 Å². The second kappa shape index (κ2) is 5.64. The zero-order valence-electron chi connectivity index (χ0n) is 9.35. The van der Waals surface area contributed by atoms with Crippen molar-refractivity contribution < 1.29 is 4.74 Å². The maximum atomic E-state index is 6.95. The highest BCUT2D eigenvalue weighted by Gasteiger charge is 2.12.